The number of likely N-dealkylation sites (N-methyl/N-ethyl adjacent to an activating group) is 1. The van der Waals surface area contributed by atoms with Gasteiger partial charge in [0.1, 0.15) is 11.2 Å². The molecule has 6 nitrogen and oxygen atoms in total. The molecule has 1 N–H and O–H groups in total. The Morgan fingerprint density at radius 2 is 2.38 bits per heavy atom. The van der Waals surface area contributed by atoms with Gasteiger partial charge in [-0.2, -0.15) is 0 Å². The quantitative estimate of drug-likeness (QED) is 0.811. The third-order valence-corrected chi connectivity index (χ3v) is 3.81. The van der Waals surface area contributed by atoms with Gasteiger partial charge in [-0.15, -0.1) is 0 Å². The number of rotatable bonds is 3. The van der Waals surface area contributed by atoms with Gasteiger partial charge in [-0.3, -0.25) is 9.59 Å². The third kappa shape index (κ3) is 3.72. The molecule has 114 valence electrons. The summed E-state index contributed by atoms with van der Waals surface area (Å²) in [5.41, 5.74) is 0.266. The number of morpholine rings is 1. The molecule has 1 saturated heterocycles. The maximum absolute atomic E-state index is 12.6. The van der Waals surface area contributed by atoms with E-state index < -0.39 is 6.04 Å². The summed E-state index contributed by atoms with van der Waals surface area (Å²) in [5, 5.41) is 2.82. The van der Waals surface area contributed by atoms with Crippen LogP contribution in [0.15, 0.2) is 16.7 Å². The highest BCUT2D eigenvalue weighted by Crippen LogP contribution is 2.21. The molecule has 1 fully saturated rings. The monoisotopic (exact) mass is 375 g/mol. The Kier molecular flexibility index (Phi) is 5.55. The second-order valence-corrected chi connectivity index (χ2v) is 5.75. The van der Waals surface area contributed by atoms with Crippen LogP contribution in [0.25, 0.3) is 0 Å². The highest BCUT2D eigenvalue weighted by Gasteiger charge is 2.34. The Bertz CT molecular complexity index is 555. The molecule has 0 saturated carbocycles. The highest BCUT2D eigenvalue weighted by atomic mass is 79.9. The summed E-state index contributed by atoms with van der Waals surface area (Å²) in [5.74, 6) is -0.557. The number of amides is 2. The van der Waals surface area contributed by atoms with Crippen molar-refractivity contribution in [3.05, 3.63) is 27.5 Å². The molecule has 0 aliphatic carbocycles. The van der Waals surface area contributed by atoms with Crippen LogP contribution in [0, 0.1) is 0 Å². The molecule has 0 spiro atoms. The zero-order chi connectivity index (χ0) is 15.4. The minimum atomic E-state index is -0.652. The van der Waals surface area contributed by atoms with Gasteiger partial charge in [0, 0.05) is 23.8 Å². The molecule has 21 heavy (non-hydrogen) atoms. The van der Waals surface area contributed by atoms with E-state index in [1.807, 2.05) is 6.92 Å². The number of aromatic nitrogens is 1. The zero-order valence-corrected chi connectivity index (χ0v) is 13.8. The van der Waals surface area contributed by atoms with Crippen LogP contribution in [0.3, 0.4) is 0 Å². The minimum Gasteiger partial charge on any atom is -0.377 e. The molecule has 1 aliphatic rings. The van der Waals surface area contributed by atoms with Crippen molar-refractivity contribution in [2.45, 2.75) is 13.0 Å². The van der Waals surface area contributed by atoms with Gasteiger partial charge < -0.3 is 15.0 Å². The third-order valence-electron chi connectivity index (χ3n) is 3.08. The van der Waals surface area contributed by atoms with Gasteiger partial charge in [-0.25, -0.2) is 4.98 Å². The molecule has 1 aliphatic heterocycles. The summed E-state index contributed by atoms with van der Waals surface area (Å²) in [7, 11) is 0. The van der Waals surface area contributed by atoms with Crippen molar-refractivity contribution in [2.24, 2.45) is 0 Å². The number of pyridine rings is 1. The normalized spacial score (nSPS) is 18.4. The largest absolute Gasteiger partial charge is 0.377 e. The molecule has 2 rings (SSSR count). The zero-order valence-electron chi connectivity index (χ0n) is 11.4. The molecule has 1 atom stereocenters. The van der Waals surface area contributed by atoms with Crippen LogP contribution < -0.4 is 5.32 Å². The second-order valence-electron chi connectivity index (χ2n) is 4.48. The number of carbonyl (C=O) groups excluding carboxylic acids is 2. The van der Waals surface area contributed by atoms with Crippen LogP contribution in [0.1, 0.15) is 17.3 Å². The number of carbonyl (C=O) groups is 2. The molecule has 0 radical (unpaired) electrons. The second kappa shape index (κ2) is 7.20. The fourth-order valence-corrected chi connectivity index (χ4v) is 2.60. The highest BCUT2D eigenvalue weighted by molar-refractivity contribution is 9.10. The van der Waals surface area contributed by atoms with E-state index in [9.17, 15) is 9.59 Å². The van der Waals surface area contributed by atoms with Crippen LogP contribution in [0.4, 0.5) is 0 Å². The molecule has 1 aromatic rings. The molecule has 0 bridgehead atoms. The van der Waals surface area contributed by atoms with Gasteiger partial charge in [0.25, 0.3) is 5.91 Å². The molecule has 1 unspecified atom stereocenters. The minimum absolute atomic E-state index is 0.115. The molecule has 1 aromatic heterocycles. The smallest absolute Gasteiger partial charge is 0.257 e. The van der Waals surface area contributed by atoms with Crippen molar-refractivity contribution >= 4 is 39.3 Å². The van der Waals surface area contributed by atoms with Crippen LogP contribution in [0.5, 0.6) is 0 Å². The number of hydrogen-bond donors (Lipinski definition) is 1. The lowest BCUT2D eigenvalue weighted by molar-refractivity contribution is -0.130. The van der Waals surface area contributed by atoms with Gasteiger partial charge in [-0.05, 0) is 28.9 Å². The van der Waals surface area contributed by atoms with Gasteiger partial charge in [0.15, 0.2) is 0 Å². The maximum atomic E-state index is 12.6. The van der Waals surface area contributed by atoms with E-state index in [0.717, 1.165) is 0 Å². The Balaban J connectivity index is 2.26. The number of nitrogens with zero attached hydrogens (tertiary/aromatic N) is 2. The van der Waals surface area contributed by atoms with Crippen molar-refractivity contribution in [3.8, 4) is 0 Å². The van der Waals surface area contributed by atoms with Gasteiger partial charge >= 0.3 is 0 Å². The Labute approximate surface area is 135 Å². The first-order valence-electron chi connectivity index (χ1n) is 6.52. The summed E-state index contributed by atoms with van der Waals surface area (Å²) >= 11 is 9.25. The fraction of sp³-hybridized carbons (Fsp3) is 0.462. The van der Waals surface area contributed by atoms with E-state index in [1.54, 1.807) is 6.07 Å². The standard InChI is InChI=1S/C13H15BrClN3O3/c1-2-16-12(19)10-7-21-4-3-18(10)13(20)9-5-8(14)6-17-11(9)15/h5-6,10H,2-4,7H2,1H3,(H,16,19). The van der Waals surface area contributed by atoms with E-state index in [4.69, 9.17) is 16.3 Å². The topological polar surface area (TPSA) is 71.5 Å². The summed E-state index contributed by atoms with van der Waals surface area (Å²) in [6.45, 7) is 3.22. The average Bonchev–Trinajstić information content (AvgIpc) is 2.49. The number of halogens is 2. The Hall–Kier alpha value is -1.18. The lowest BCUT2D eigenvalue weighted by atomic mass is 10.1. The van der Waals surface area contributed by atoms with Crippen LogP contribution >= 0.6 is 27.5 Å². The lowest BCUT2D eigenvalue weighted by Gasteiger charge is -2.34. The molecule has 0 aromatic carbocycles. The van der Waals surface area contributed by atoms with Crippen LogP contribution in [0.2, 0.25) is 5.15 Å². The van der Waals surface area contributed by atoms with Crippen LogP contribution in [-0.2, 0) is 9.53 Å². The number of ether oxygens (including phenoxy) is 1. The summed E-state index contributed by atoms with van der Waals surface area (Å²) in [4.78, 5) is 30.1. The van der Waals surface area contributed by atoms with Gasteiger partial charge in [-0.1, -0.05) is 11.6 Å². The van der Waals surface area contributed by atoms with Crippen LogP contribution in [-0.4, -0.2) is 54.0 Å². The van der Waals surface area contributed by atoms with Crippen molar-refractivity contribution < 1.29 is 14.3 Å². The SMILES string of the molecule is CCNC(=O)C1COCCN1C(=O)c1cc(Br)cnc1Cl. The maximum Gasteiger partial charge on any atom is 0.257 e. The van der Waals surface area contributed by atoms with E-state index in [-0.39, 0.29) is 29.1 Å². The van der Waals surface area contributed by atoms with E-state index in [0.29, 0.717) is 24.2 Å². The molecular weight excluding hydrogens is 362 g/mol. The Morgan fingerprint density at radius 1 is 1.62 bits per heavy atom. The van der Waals surface area contributed by atoms with Crippen molar-refractivity contribution in [3.63, 3.8) is 0 Å². The van der Waals surface area contributed by atoms with E-state index in [1.165, 1.54) is 11.1 Å². The van der Waals surface area contributed by atoms with Crippen molar-refractivity contribution in [1.29, 1.82) is 0 Å². The predicted octanol–water partition coefficient (Wildman–Crippen LogP) is 1.47. The Morgan fingerprint density at radius 3 is 3.10 bits per heavy atom. The van der Waals surface area contributed by atoms with Crippen molar-refractivity contribution in [1.82, 2.24) is 15.2 Å². The first-order chi connectivity index (χ1) is 10.0. The van der Waals surface area contributed by atoms with Crippen molar-refractivity contribution in [2.75, 3.05) is 26.3 Å². The van der Waals surface area contributed by atoms with Gasteiger partial charge in [0.2, 0.25) is 5.91 Å². The fourth-order valence-electron chi connectivity index (χ4n) is 2.08. The molecule has 2 heterocycles. The molecular formula is C13H15BrClN3O3. The molecule has 2 amide bonds. The van der Waals surface area contributed by atoms with E-state index in [2.05, 4.69) is 26.2 Å². The average molecular weight is 377 g/mol. The van der Waals surface area contributed by atoms with E-state index >= 15 is 0 Å². The van der Waals surface area contributed by atoms with Gasteiger partial charge in [0.05, 0.1) is 18.8 Å². The number of nitrogens with one attached hydrogen (secondary N) is 1. The number of hydrogen-bond acceptors (Lipinski definition) is 4. The summed E-state index contributed by atoms with van der Waals surface area (Å²) in [6.07, 6.45) is 1.51. The lowest BCUT2D eigenvalue weighted by Crippen LogP contribution is -2.55. The molecule has 8 heteroatoms. The first-order valence-corrected chi connectivity index (χ1v) is 7.69. The first kappa shape index (κ1) is 16.2. The predicted molar refractivity (Wildman–Crippen MR) is 81.3 cm³/mol. The summed E-state index contributed by atoms with van der Waals surface area (Å²) < 4.78 is 5.96. The summed E-state index contributed by atoms with van der Waals surface area (Å²) in [6, 6.07) is 0.948.